The van der Waals surface area contributed by atoms with Crippen LogP contribution in [0, 0.1) is 5.92 Å². The van der Waals surface area contributed by atoms with Gasteiger partial charge in [0.2, 0.25) is 5.91 Å². The first-order chi connectivity index (χ1) is 16.5. The van der Waals surface area contributed by atoms with Crippen LogP contribution in [0.2, 0.25) is 0 Å². The van der Waals surface area contributed by atoms with Crippen molar-refractivity contribution in [2.75, 3.05) is 19.8 Å². The van der Waals surface area contributed by atoms with E-state index in [1.165, 1.54) is 32.1 Å². The second-order valence-corrected chi connectivity index (χ2v) is 9.54. The Labute approximate surface area is 200 Å². The Morgan fingerprint density at radius 2 is 1.85 bits per heavy atom. The molecule has 0 radical (unpaired) electrons. The van der Waals surface area contributed by atoms with Crippen molar-refractivity contribution in [2.45, 2.75) is 63.3 Å². The summed E-state index contributed by atoms with van der Waals surface area (Å²) in [5.74, 6) is 0.254. The number of nitrogens with zero attached hydrogens (tertiary/aromatic N) is 1. The van der Waals surface area contributed by atoms with E-state index < -0.39 is 11.4 Å². The number of carbonyl (C=O) groups is 2. The Hall–Kier alpha value is -2.93. The molecular weight excluding hydrogens is 432 g/mol. The summed E-state index contributed by atoms with van der Waals surface area (Å²) >= 11 is 0. The molecule has 2 N–H and O–H groups in total. The third-order valence-electron chi connectivity index (χ3n) is 7.26. The van der Waals surface area contributed by atoms with Gasteiger partial charge in [0.25, 0.3) is 0 Å². The van der Waals surface area contributed by atoms with Gasteiger partial charge in [-0.05, 0) is 67.9 Å². The SMILES string of the molecule is CC(NC(=O)C1(c2cncc(OCC3CCCCC3)c2)CCOCC1)c1ccc(C(=O)O)cc1. The van der Waals surface area contributed by atoms with E-state index in [0.717, 1.165) is 11.1 Å². The number of rotatable bonds is 8. The summed E-state index contributed by atoms with van der Waals surface area (Å²) in [6, 6.07) is 8.29. The predicted octanol–water partition coefficient (Wildman–Crippen LogP) is 4.66. The van der Waals surface area contributed by atoms with Crippen LogP contribution in [-0.4, -0.2) is 41.8 Å². The number of carboxylic acid groups (broad SMARTS) is 1. The van der Waals surface area contributed by atoms with Crippen LogP contribution in [0.25, 0.3) is 0 Å². The van der Waals surface area contributed by atoms with E-state index in [0.29, 0.717) is 44.3 Å². The van der Waals surface area contributed by atoms with Gasteiger partial charge < -0.3 is 19.9 Å². The maximum atomic E-state index is 13.7. The minimum atomic E-state index is -0.970. The Kier molecular flexibility index (Phi) is 7.83. The van der Waals surface area contributed by atoms with Crippen molar-refractivity contribution in [1.29, 1.82) is 0 Å². The van der Waals surface area contributed by atoms with Crippen molar-refractivity contribution in [2.24, 2.45) is 5.92 Å². The van der Waals surface area contributed by atoms with Crippen LogP contribution in [0.1, 0.15) is 79.4 Å². The maximum Gasteiger partial charge on any atom is 0.335 e. The number of carboxylic acids is 1. The third kappa shape index (κ3) is 5.58. The zero-order valence-corrected chi connectivity index (χ0v) is 19.8. The van der Waals surface area contributed by atoms with Gasteiger partial charge in [0, 0.05) is 19.4 Å². The van der Waals surface area contributed by atoms with E-state index >= 15 is 0 Å². The van der Waals surface area contributed by atoms with Gasteiger partial charge in [-0.25, -0.2) is 4.79 Å². The first-order valence-electron chi connectivity index (χ1n) is 12.3. The fourth-order valence-electron chi connectivity index (χ4n) is 5.03. The molecule has 1 aromatic carbocycles. The van der Waals surface area contributed by atoms with E-state index in [1.54, 1.807) is 36.7 Å². The fraction of sp³-hybridized carbons (Fsp3) is 0.519. The summed E-state index contributed by atoms with van der Waals surface area (Å²) in [5, 5.41) is 12.3. The van der Waals surface area contributed by atoms with Gasteiger partial charge in [-0.3, -0.25) is 9.78 Å². The molecule has 1 aliphatic carbocycles. The Morgan fingerprint density at radius 1 is 1.15 bits per heavy atom. The molecule has 1 saturated heterocycles. The van der Waals surface area contributed by atoms with Crippen LogP contribution in [-0.2, 0) is 14.9 Å². The molecule has 1 atom stereocenters. The van der Waals surface area contributed by atoms with Gasteiger partial charge in [-0.2, -0.15) is 0 Å². The lowest BCUT2D eigenvalue weighted by molar-refractivity contribution is -0.131. The normalized spacial score (nSPS) is 19.2. The quantitative estimate of drug-likeness (QED) is 0.587. The van der Waals surface area contributed by atoms with Crippen molar-refractivity contribution in [3.63, 3.8) is 0 Å². The first kappa shape index (κ1) is 24.2. The molecule has 2 aromatic rings. The van der Waals surface area contributed by atoms with Gasteiger partial charge in [0.15, 0.2) is 0 Å². The molecule has 0 spiro atoms. The molecular formula is C27H34N2O5. The van der Waals surface area contributed by atoms with Crippen molar-refractivity contribution >= 4 is 11.9 Å². The number of carbonyl (C=O) groups excluding carboxylic acids is 1. The zero-order chi connectivity index (χ0) is 24.0. The molecule has 7 nitrogen and oxygen atoms in total. The highest BCUT2D eigenvalue weighted by Gasteiger charge is 2.42. The average molecular weight is 467 g/mol. The van der Waals surface area contributed by atoms with Crippen molar-refractivity contribution in [3.8, 4) is 5.75 Å². The van der Waals surface area contributed by atoms with Crippen LogP contribution >= 0.6 is 0 Å². The standard InChI is InChI=1S/C27H34N2O5/c1-19(21-7-9-22(10-8-21)25(30)31)29-26(32)27(11-13-33-14-12-27)23-15-24(17-28-16-23)34-18-20-5-3-2-4-6-20/h7-10,15-17,19-20H,2-6,11-14,18H2,1H3,(H,29,32)(H,30,31). The molecule has 2 heterocycles. The van der Waals surface area contributed by atoms with Gasteiger partial charge in [-0.1, -0.05) is 31.4 Å². The van der Waals surface area contributed by atoms with Crippen LogP contribution < -0.4 is 10.1 Å². The number of hydrogen-bond acceptors (Lipinski definition) is 5. The summed E-state index contributed by atoms with van der Waals surface area (Å²) in [6.07, 6.45) is 10.9. The lowest BCUT2D eigenvalue weighted by Gasteiger charge is -2.37. The lowest BCUT2D eigenvalue weighted by Crippen LogP contribution is -2.48. The molecule has 182 valence electrons. The molecule has 2 fully saturated rings. The minimum absolute atomic E-state index is 0.0724. The van der Waals surface area contributed by atoms with E-state index in [4.69, 9.17) is 14.6 Å². The smallest absolute Gasteiger partial charge is 0.335 e. The van der Waals surface area contributed by atoms with Crippen molar-refractivity contribution in [1.82, 2.24) is 10.3 Å². The number of aromatic nitrogens is 1. The topological polar surface area (TPSA) is 97.8 Å². The van der Waals surface area contributed by atoms with Crippen LogP contribution in [0.4, 0.5) is 0 Å². The maximum absolute atomic E-state index is 13.7. The van der Waals surface area contributed by atoms with Crippen LogP contribution in [0.3, 0.4) is 0 Å². The molecule has 0 bridgehead atoms. The molecule has 1 unspecified atom stereocenters. The van der Waals surface area contributed by atoms with Crippen molar-refractivity contribution < 1.29 is 24.2 Å². The van der Waals surface area contributed by atoms with Crippen molar-refractivity contribution in [3.05, 3.63) is 59.4 Å². The van der Waals surface area contributed by atoms with Crippen LogP contribution in [0.5, 0.6) is 5.75 Å². The summed E-state index contributed by atoms with van der Waals surface area (Å²) < 4.78 is 11.7. The second-order valence-electron chi connectivity index (χ2n) is 9.54. The van der Waals surface area contributed by atoms with E-state index in [-0.39, 0.29) is 17.5 Å². The predicted molar refractivity (Wildman–Crippen MR) is 128 cm³/mol. The minimum Gasteiger partial charge on any atom is -0.492 e. The highest BCUT2D eigenvalue weighted by atomic mass is 16.5. The number of amides is 1. The van der Waals surface area contributed by atoms with E-state index in [9.17, 15) is 9.59 Å². The third-order valence-corrected chi connectivity index (χ3v) is 7.26. The molecule has 1 aromatic heterocycles. The zero-order valence-electron chi connectivity index (χ0n) is 19.8. The summed E-state index contributed by atoms with van der Waals surface area (Å²) in [7, 11) is 0. The number of aromatic carboxylic acids is 1. The molecule has 1 aliphatic heterocycles. The van der Waals surface area contributed by atoms with E-state index in [2.05, 4.69) is 10.3 Å². The number of ether oxygens (including phenoxy) is 2. The Morgan fingerprint density at radius 3 is 2.53 bits per heavy atom. The largest absolute Gasteiger partial charge is 0.492 e. The first-order valence-corrected chi connectivity index (χ1v) is 12.3. The molecule has 7 heteroatoms. The fourth-order valence-corrected chi connectivity index (χ4v) is 5.03. The molecule has 1 saturated carbocycles. The lowest BCUT2D eigenvalue weighted by atomic mass is 9.73. The monoisotopic (exact) mass is 466 g/mol. The van der Waals surface area contributed by atoms with Gasteiger partial charge in [-0.15, -0.1) is 0 Å². The van der Waals surface area contributed by atoms with Gasteiger partial charge >= 0.3 is 5.97 Å². The molecule has 2 aliphatic rings. The number of pyridine rings is 1. The number of benzene rings is 1. The van der Waals surface area contributed by atoms with Gasteiger partial charge in [0.1, 0.15) is 5.75 Å². The highest BCUT2D eigenvalue weighted by Crippen LogP contribution is 2.37. The summed E-state index contributed by atoms with van der Waals surface area (Å²) in [4.78, 5) is 29.2. The number of nitrogens with one attached hydrogen (secondary N) is 1. The Bertz CT molecular complexity index is 979. The average Bonchev–Trinajstić information content (AvgIpc) is 2.88. The van der Waals surface area contributed by atoms with E-state index in [1.807, 2.05) is 13.0 Å². The second kappa shape index (κ2) is 11.0. The van der Waals surface area contributed by atoms with Gasteiger partial charge in [0.05, 0.1) is 29.8 Å². The highest BCUT2D eigenvalue weighted by molar-refractivity contribution is 5.89. The summed E-state index contributed by atoms with van der Waals surface area (Å²) in [5.41, 5.74) is 1.18. The van der Waals surface area contributed by atoms with Crippen LogP contribution in [0.15, 0.2) is 42.7 Å². The molecule has 1 amide bonds. The molecule has 4 rings (SSSR count). The summed E-state index contributed by atoms with van der Waals surface area (Å²) in [6.45, 7) is 3.60. The molecule has 34 heavy (non-hydrogen) atoms. The number of hydrogen-bond donors (Lipinski definition) is 2. The Balaban J connectivity index is 1.49.